The molecule has 20 nitrogen and oxygen atoms in total. The van der Waals surface area contributed by atoms with Crippen molar-refractivity contribution in [1.82, 2.24) is 0 Å². The standard InChI is InChI=1S/C21H26O4.C20H24O4.C19H24O4.C18H22O4.C16H20O4/c1-21(9-10-2-5-13(21)6-10)20(23)25-18-14-8-15(24-19(18)22)17-12-4-3-11(7-12)16(14)17;21-19(13-6-9-1-2-10(13)5-9)24-18-14-8-15(23-20(18)22)17-12-4-3-11(7-12)16(14)17;1-19(9-10-5-6-11(19)7-10)18(21)23-16-14-8-15(22-17(16)20)13-4-2-3-12(13)14;19-17(13-7-9-4-5-10(13)6-9)22-16-14-8-15(21-18(16)20)12-3-1-2-11(12)14;1-16(8-9-2-4-11(16)6-9)15(18)20-13-10-3-5-12(7-10)19-14(13)17/h2,5,10-18H,3-4,6-9H2,1H3;1-2,9-18H,3-8H2;5-6,10-16H,2-4,7-9H2,1H3;4-5,9-16H,1-3,6-8H2;2,4,9-13H,3,5-8H2,1H3. The Bertz CT molecular complexity index is 4170. The van der Waals surface area contributed by atoms with E-state index in [1.54, 1.807) is 0 Å². The minimum atomic E-state index is -0.666. The molecule has 0 spiro atoms. The van der Waals surface area contributed by atoms with Gasteiger partial charge in [-0.15, -0.1) is 0 Å². The molecule has 21 fully saturated rings. The molecule has 42 atom stereocenters. The molecule has 16 saturated carbocycles. The Morgan fingerprint density at radius 2 is 0.649 bits per heavy atom. The highest BCUT2D eigenvalue weighted by atomic mass is 16.6. The fraction of sp³-hybridized carbons (Fsp3) is 0.787. The molecule has 0 aromatic heterocycles. The van der Waals surface area contributed by atoms with Crippen molar-refractivity contribution in [2.75, 3.05) is 0 Å². The normalized spacial score (nSPS) is 53.2. The average molecular weight is 1570 g/mol. The van der Waals surface area contributed by atoms with E-state index >= 15 is 0 Å². The molecule has 20 heteroatoms. The molecule has 0 aromatic carbocycles. The summed E-state index contributed by atoms with van der Waals surface area (Å²) >= 11 is 0. The van der Waals surface area contributed by atoms with Gasteiger partial charge < -0.3 is 47.4 Å². The van der Waals surface area contributed by atoms with Crippen molar-refractivity contribution in [3.63, 3.8) is 0 Å². The lowest BCUT2D eigenvalue weighted by atomic mass is 9.76. The Labute approximate surface area is 668 Å². The largest absolute Gasteiger partial charge is 0.460 e. The zero-order valence-electron chi connectivity index (χ0n) is 66.5. The summed E-state index contributed by atoms with van der Waals surface area (Å²) in [6.45, 7) is 6.01. The van der Waals surface area contributed by atoms with Crippen LogP contribution >= 0.6 is 0 Å². The fourth-order valence-corrected chi connectivity index (χ4v) is 31.7. The Morgan fingerprint density at radius 1 is 0.298 bits per heavy atom. The number of allylic oxidation sites excluding steroid dienone is 10. The first-order valence-electron chi connectivity index (χ1n) is 45.5. The fourth-order valence-electron chi connectivity index (χ4n) is 31.7. The van der Waals surface area contributed by atoms with Crippen LogP contribution in [0.3, 0.4) is 0 Å². The lowest BCUT2D eigenvalue weighted by Gasteiger charge is -2.35. The monoisotopic (exact) mass is 1560 g/mol. The molecule has 612 valence electrons. The van der Waals surface area contributed by atoms with Gasteiger partial charge in [-0.2, -0.15) is 0 Å². The van der Waals surface area contributed by atoms with Crippen LogP contribution in [0, 0.1) is 188 Å². The van der Waals surface area contributed by atoms with E-state index in [0.717, 1.165) is 159 Å². The third-order valence-corrected chi connectivity index (χ3v) is 37.0. The molecule has 5 saturated heterocycles. The van der Waals surface area contributed by atoms with Gasteiger partial charge in [0.15, 0.2) is 0 Å². The van der Waals surface area contributed by atoms with Crippen molar-refractivity contribution in [1.29, 1.82) is 0 Å². The number of esters is 10. The lowest BCUT2D eigenvalue weighted by molar-refractivity contribution is -0.188. The molecule has 5 aliphatic heterocycles. The average Bonchev–Trinajstić information content (AvgIpc) is 1.56. The van der Waals surface area contributed by atoms with E-state index in [1.807, 2.05) is 20.8 Å². The second kappa shape index (κ2) is 27.5. The van der Waals surface area contributed by atoms with E-state index < -0.39 is 46.8 Å². The summed E-state index contributed by atoms with van der Waals surface area (Å²) in [4.78, 5) is 126. The van der Waals surface area contributed by atoms with Crippen LogP contribution < -0.4 is 0 Å². The van der Waals surface area contributed by atoms with Crippen LogP contribution in [-0.4, -0.2) is 121 Å². The summed E-state index contributed by atoms with van der Waals surface area (Å²) in [6.07, 6.45) is 49.9. The molecule has 0 aromatic rings. The molecule has 114 heavy (non-hydrogen) atoms. The third-order valence-electron chi connectivity index (χ3n) is 37.0. The molecule has 21 aliphatic carbocycles. The quantitative estimate of drug-likeness (QED) is 0.0851. The maximum Gasteiger partial charge on any atom is 0.348 e. The van der Waals surface area contributed by atoms with Crippen molar-refractivity contribution >= 4 is 59.7 Å². The number of carbonyl (C=O) groups is 10. The summed E-state index contributed by atoms with van der Waals surface area (Å²) in [5.41, 5.74) is -1.36. The van der Waals surface area contributed by atoms with Gasteiger partial charge in [-0.3, -0.25) is 24.0 Å². The van der Waals surface area contributed by atoms with Crippen LogP contribution in [0.25, 0.3) is 0 Å². The van der Waals surface area contributed by atoms with Gasteiger partial charge >= 0.3 is 59.7 Å². The Balaban J connectivity index is 0.0000000871. The summed E-state index contributed by atoms with van der Waals surface area (Å²) in [5, 5.41) is 0. The van der Waals surface area contributed by atoms with Crippen LogP contribution in [0.5, 0.6) is 0 Å². The van der Waals surface area contributed by atoms with E-state index in [1.165, 1.54) is 51.4 Å². The molecule has 42 unspecified atom stereocenters. The number of fused-ring (bicyclic) bond motifs is 40. The third kappa shape index (κ3) is 11.8. The highest BCUT2D eigenvalue weighted by Gasteiger charge is 2.69. The molecule has 5 heterocycles. The van der Waals surface area contributed by atoms with E-state index in [-0.39, 0.29) is 149 Å². The molecule has 26 rings (SSSR count). The topological polar surface area (TPSA) is 263 Å². The molecule has 26 aliphatic rings. The maximum atomic E-state index is 13.0. The van der Waals surface area contributed by atoms with Gasteiger partial charge in [0.05, 0.1) is 28.1 Å². The first kappa shape index (κ1) is 73.7. The summed E-state index contributed by atoms with van der Waals surface area (Å²) in [7, 11) is 0. The summed E-state index contributed by atoms with van der Waals surface area (Å²) in [6, 6.07) is 0. The van der Waals surface area contributed by atoms with Gasteiger partial charge in [0.2, 0.25) is 30.5 Å². The molecule has 24 bridgehead atoms. The van der Waals surface area contributed by atoms with Crippen LogP contribution in [0.15, 0.2) is 60.8 Å². The Kier molecular flexibility index (Phi) is 17.8. The van der Waals surface area contributed by atoms with Crippen molar-refractivity contribution < 1.29 is 95.3 Å². The van der Waals surface area contributed by atoms with Gasteiger partial charge in [0, 0.05) is 41.4 Å². The van der Waals surface area contributed by atoms with Gasteiger partial charge in [-0.05, 0) is 312 Å². The van der Waals surface area contributed by atoms with Crippen molar-refractivity contribution in [3.8, 4) is 0 Å². The van der Waals surface area contributed by atoms with Crippen LogP contribution in [-0.2, 0) is 95.3 Å². The predicted octanol–water partition coefficient (Wildman–Crippen LogP) is 13.4. The maximum absolute atomic E-state index is 13.0. The summed E-state index contributed by atoms with van der Waals surface area (Å²) in [5.74, 6) is 9.81. The number of carbonyl (C=O) groups excluding carboxylic acids is 10. The van der Waals surface area contributed by atoms with E-state index in [9.17, 15) is 47.9 Å². The highest BCUT2D eigenvalue weighted by Crippen LogP contribution is 2.67. The minimum absolute atomic E-state index is 0.0391. The van der Waals surface area contributed by atoms with Crippen molar-refractivity contribution in [3.05, 3.63) is 60.8 Å². The van der Waals surface area contributed by atoms with Crippen molar-refractivity contribution in [2.45, 2.75) is 268 Å². The second-order valence-corrected chi connectivity index (χ2v) is 42.4. The second-order valence-electron chi connectivity index (χ2n) is 42.4. The van der Waals surface area contributed by atoms with Gasteiger partial charge in [-0.1, -0.05) is 73.6 Å². The number of rotatable bonds is 10. The Morgan fingerprint density at radius 3 is 1.04 bits per heavy atom. The van der Waals surface area contributed by atoms with Crippen LogP contribution in [0.2, 0.25) is 0 Å². The highest BCUT2D eigenvalue weighted by molar-refractivity contribution is 5.87. The number of hydrogen-bond acceptors (Lipinski definition) is 20. The predicted molar refractivity (Wildman–Crippen MR) is 404 cm³/mol. The molecule has 0 amide bonds. The van der Waals surface area contributed by atoms with E-state index in [2.05, 4.69) is 60.8 Å². The molecular weight excluding hydrogens is 1450 g/mol. The zero-order valence-corrected chi connectivity index (χ0v) is 66.5. The zero-order chi connectivity index (χ0) is 77.4. The van der Waals surface area contributed by atoms with Gasteiger partial charge in [-0.25, -0.2) is 24.0 Å². The first-order valence-corrected chi connectivity index (χ1v) is 45.5. The summed E-state index contributed by atoms with van der Waals surface area (Å²) < 4.78 is 57.1. The minimum Gasteiger partial charge on any atom is -0.460 e. The van der Waals surface area contributed by atoms with Gasteiger partial charge in [0.25, 0.3) is 0 Å². The van der Waals surface area contributed by atoms with Crippen LogP contribution in [0.1, 0.15) is 207 Å². The lowest BCUT2D eigenvalue weighted by Crippen LogP contribution is -2.45. The van der Waals surface area contributed by atoms with Crippen LogP contribution in [0.4, 0.5) is 0 Å². The Hall–Kier alpha value is -6.60. The van der Waals surface area contributed by atoms with Crippen molar-refractivity contribution in [2.24, 2.45) is 188 Å². The van der Waals surface area contributed by atoms with Gasteiger partial charge in [0.1, 0.15) is 30.5 Å². The SMILES string of the molecule is CC1(C(=O)OC2C(=O)OC3CC2C2C4CCC(C4)C32)CC2C=CC1C2.CC1(C(=O)OC2C(=O)OC3CC2C2CCCC32)CC2C=CC1C2.CC1(C(=O)OC2C(=O)OC3CCC2C3)CC2C=CC1C2.O=C(OC1C(=O)OC2CC1C1C3CCC(C3)C21)C1CC2C=CC1C2.O=C(OC1C(=O)OC2CC1C1CCCC21)C1CC2C=CC1C2. The molecule has 0 radical (unpaired) electrons. The molecule has 0 N–H and O–H groups in total. The first-order chi connectivity index (χ1) is 55.1. The molecular formula is C94H116O20. The number of hydrogen-bond donors (Lipinski definition) is 0. The van der Waals surface area contributed by atoms with E-state index in [0.29, 0.717) is 88.8 Å². The smallest absolute Gasteiger partial charge is 0.348 e. The number of ether oxygens (including phenoxy) is 10. The van der Waals surface area contributed by atoms with E-state index in [4.69, 9.17) is 47.4 Å².